The van der Waals surface area contributed by atoms with Crippen molar-refractivity contribution in [3.8, 4) is 0 Å². The zero-order valence-electron chi connectivity index (χ0n) is 12.1. The monoisotopic (exact) mass is 281 g/mol. The zero-order chi connectivity index (χ0) is 14.1. The van der Waals surface area contributed by atoms with E-state index >= 15 is 0 Å². The number of rotatable bonds is 2. The highest BCUT2D eigenvalue weighted by molar-refractivity contribution is 5.90. The van der Waals surface area contributed by atoms with E-state index in [1.54, 1.807) is 4.90 Å². The highest BCUT2D eigenvalue weighted by atomic mass is 16.5. The largest absolute Gasteiger partial charge is 0.374 e. The molecule has 0 saturated carbocycles. The van der Waals surface area contributed by atoms with Gasteiger partial charge in [-0.15, -0.1) is 0 Å². The van der Waals surface area contributed by atoms with Gasteiger partial charge in [0.1, 0.15) is 6.04 Å². The molecule has 0 radical (unpaired) electrons. The molecule has 0 bridgehead atoms. The van der Waals surface area contributed by atoms with E-state index in [2.05, 4.69) is 11.9 Å². The number of ether oxygens (including phenoxy) is 1. The maximum atomic E-state index is 12.6. The van der Waals surface area contributed by atoms with Crippen molar-refractivity contribution >= 4 is 11.8 Å². The third-order valence-electron chi connectivity index (χ3n) is 4.53. The van der Waals surface area contributed by atoms with E-state index in [0.29, 0.717) is 19.5 Å². The van der Waals surface area contributed by atoms with E-state index in [-0.39, 0.29) is 24.0 Å². The van der Waals surface area contributed by atoms with Crippen LogP contribution in [0.1, 0.15) is 19.3 Å². The number of carbonyl (C=O) groups excluding carboxylic acids is 2. The minimum atomic E-state index is -0.216. The van der Waals surface area contributed by atoms with E-state index in [9.17, 15) is 9.59 Å². The highest BCUT2D eigenvalue weighted by Gasteiger charge is 2.39. The molecule has 3 aliphatic rings. The van der Waals surface area contributed by atoms with Gasteiger partial charge in [-0.2, -0.15) is 0 Å². The molecule has 20 heavy (non-hydrogen) atoms. The summed E-state index contributed by atoms with van der Waals surface area (Å²) < 4.78 is 5.74. The summed E-state index contributed by atoms with van der Waals surface area (Å²) >= 11 is 0. The number of hydrogen-bond donors (Lipinski definition) is 0. The summed E-state index contributed by atoms with van der Waals surface area (Å²) in [6.45, 7) is 4.41. The van der Waals surface area contributed by atoms with Crippen LogP contribution < -0.4 is 0 Å². The molecule has 0 N–H and O–H groups in total. The van der Waals surface area contributed by atoms with Gasteiger partial charge >= 0.3 is 0 Å². The molecule has 0 aliphatic carbocycles. The fourth-order valence-electron chi connectivity index (χ4n) is 3.42. The van der Waals surface area contributed by atoms with E-state index in [1.165, 1.54) is 0 Å². The highest BCUT2D eigenvalue weighted by Crippen LogP contribution is 2.23. The normalized spacial score (nSPS) is 32.5. The lowest BCUT2D eigenvalue weighted by atomic mass is 10.2. The molecule has 2 atom stereocenters. The smallest absolute Gasteiger partial charge is 0.245 e. The van der Waals surface area contributed by atoms with E-state index in [4.69, 9.17) is 4.74 Å². The second kappa shape index (κ2) is 5.69. The molecule has 3 fully saturated rings. The van der Waals surface area contributed by atoms with Crippen molar-refractivity contribution in [3.63, 3.8) is 0 Å². The Bertz CT molecular complexity index is 401. The molecule has 3 rings (SSSR count). The molecular formula is C14H23N3O3. The molecule has 2 unspecified atom stereocenters. The average molecular weight is 281 g/mol. The van der Waals surface area contributed by atoms with Gasteiger partial charge in [0.15, 0.2) is 0 Å². The van der Waals surface area contributed by atoms with Crippen molar-refractivity contribution in [2.75, 3.05) is 46.4 Å². The van der Waals surface area contributed by atoms with Crippen LogP contribution >= 0.6 is 0 Å². The summed E-state index contributed by atoms with van der Waals surface area (Å²) in [6.07, 6.45) is 2.27. The van der Waals surface area contributed by atoms with Gasteiger partial charge in [-0.1, -0.05) is 0 Å². The first kappa shape index (κ1) is 13.8. The molecular weight excluding hydrogens is 258 g/mol. The van der Waals surface area contributed by atoms with Gasteiger partial charge in [-0.25, -0.2) is 0 Å². The lowest BCUT2D eigenvalue weighted by molar-refractivity contribution is -0.141. The van der Waals surface area contributed by atoms with Crippen LogP contribution in [0.25, 0.3) is 0 Å². The van der Waals surface area contributed by atoms with Crippen LogP contribution in [-0.2, 0) is 14.3 Å². The first-order chi connectivity index (χ1) is 9.65. The van der Waals surface area contributed by atoms with Crippen molar-refractivity contribution < 1.29 is 14.3 Å². The van der Waals surface area contributed by atoms with E-state index in [0.717, 1.165) is 39.1 Å². The van der Waals surface area contributed by atoms with Crippen LogP contribution in [0.5, 0.6) is 0 Å². The SMILES string of the molecule is CN1CCOC(CN2CCC(=O)N3CCCC3C2=O)C1. The Morgan fingerprint density at radius 2 is 2.10 bits per heavy atom. The summed E-state index contributed by atoms with van der Waals surface area (Å²) in [5, 5.41) is 0. The van der Waals surface area contributed by atoms with E-state index in [1.807, 2.05) is 4.90 Å². The van der Waals surface area contributed by atoms with E-state index < -0.39 is 0 Å². The van der Waals surface area contributed by atoms with Gasteiger partial charge in [0.2, 0.25) is 11.8 Å². The van der Waals surface area contributed by atoms with Gasteiger partial charge in [-0.05, 0) is 19.9 Å². The van der Waals surface area contributed by atoms with Gasteiger partial charge in [0.25, 0.3) is 0 Å². The van der Waals surface area contributed by atoms with Crippen molar-refractivity contribution in [1.82, 2.24) is 14.7 Å². The molecule has 0 aromatic carbocycles. The Morgan fingerprint density at radius 1 is 1.25 bits per heavy atom. The molecule has 6 nitrogen and oxygen atoms in total. The third kappa shape index (κ3) is 2.67. The number of amides is 2. The van der Waals surface area contributed by atoms with Crippen molar-refractivity contribution in [2.24, 2.45) is 0 Å². The van der Waals surface area contributed by atoms with Crippen LogP contribution in [0.2, 0.25) is 0 Å². The van der Waals surface area contributed by atoms with Crippen molar-refractivity contribution in [2.45, 2.75) is 31.4 Å². The Hall–Kier alpha value is -1.14. The minimum Gasteiger partial charge on any atom is -0.374 e. The summed E-state index contributed by atoms with van der Waals surface area (Å²) in [7, 11) is 2.07. The molecule has 0 aromatic heterocycles. The lowest BCUT2D eigenvalue weighted by Gasteiger charge is -2.34. The quantitative estimate of drug-likeness (QED) is 0.687. The maximum absolute atomic E-state index is 12.6. The molecule has 3 aliphatic heterocycles. The third-order valence-corrected chi connectivity index (χ3v) is 4.53. The predicted octanol–water partition coefficient (Wildman–Crippen LogP) is -0.460. The van der Waals surface area contributed by atoms with Gasteiger partial charge in [0.05, 0.1) is 12.7 Å². The molecule has 112 valence electrons. The summed E-state index contributed by atoms with van der Waals surface area (Å²) in [6, 6.07) is -0.216. The maximum Gasteiger partial charge on any atom is 0.245 e. The van der Waals surface area contributed by atoms with Crippen molar-refractivity contribution in [1.29, 1.82) is 0 Å². The van der Waals surface area contributed by atoms with Gasteiger partial charge in [-0.3, -0.25) is 9.59 Å². The Morgan fingerprint density at radius 3 is 2.90 bits per heavy atom. The molecule has 0 aromatic rings. The molecule has 3 saturated heterocycles. The van der Waals surface area contributed by atoms with Crippen LogP contribution in [0.15, 0.2) is 0 Å². The standard InChI is InChI=1S/C14H23N3O3/c1-15-7-8-20-11(9-15)10-16-6-4-13(18)17-5-2-3-12(17)14(16)19/h11-12H,2-10H2,1H3. The molecule has 3 heterocycles. The average Bonchev–Trinajstić information content (AvgIpc) is 2.88. The predicted molar refractivity (Wildman–Crippen MR) is 73.2 cm³/mol. The van der Waals surface area contributed by atoms with Gasteiger partial charge < -0.3 is 19.4 Å². The summed E-state index contributed by atoms with van der Waals surface area (Å²) in [4.78, 5) is 30.5. The number of nitrogens with zero attached hydrogens (tertiary/aromatic N) is 3. The first-order valence-corrected chi connectivity index (χ1v) is 7.53. The van der Waals surface area contributed by atoms with Crippen LogP contribution in [0, 0.1) is 0 Å². The topological polar surface area (TPSA) is 53.1 Å². The van der Waals surface area contributed by atoms with Crippen LogP contribution in [-0.4, -0.2) is 85.0 Å². The molecule has 6 heteroatoms. The first-order valence-electron chi connectivity index (χ1n) is 7.53. The van der Waals surface area contributed by atoms with Crippen LogP contribution in [0.3, 0.4) is 0 Å². The fraction of sp³-hybridized carbons (Fsp3) is 0.857. The summed E-state index contributed by atoms with van der Waals surface area (Å²) in [5.41, 5.74) is 0. The Kier molecular flexibility index (Phi) is 3.94. The Balaban J connectivity index is 1.66. The number of likely N-dealkylation sites (N-methyl/N-ethyl adjacent to an activating group) is 1. The zero-order valence-corrected chi connectivity index (χ0v) is 12.1. The molecule has 2 amide bonds. The Labute approximate surface area is 119 Å². The second-order valence-corrected chi connectivity index (χ2v) is 6.03. The second-order valence-electron chi connectivity index (χ2n) is 6.03. The van der Waals surface area contributed by atoms with Crippen molar-refractivity contribution in [3.05, 3.63) is 0 Å². The number of carbonyl (C=O) groups is 2. The number of fused-ring (bicyclic) bond motifs is 1. The van der Waals surface area contributed by atoms with Gasteiger partial charge in [0, 0.05) is 39.1 Å². The fourth-order valence-corrected chi connectivity index (χ4v) is 3.42. The lowest BCUT2D eigenvalue weighted by Crippen LogP contribution is -2.50. The minimum absolute atomic E-state index is 0.0701. The number of hydrogen-bond acceptors (Lipinski definition) is 4. The molecule has 0 spiro atoms. The summed E-state index contributed by atoms with van der Waals surface area (Å²) in [5.74, 6) is 0.246. The van der Waals surface area contributed by atoms with Crippen LogP contribution in [0.4, 0.5) is 0 Å². The number of morpholine rings is 1.